The van der Waals surface area contributed by atoms with Crippen LogP contribution in [0.25, 0.3) is 98.0 Å². The summed E-state index contributed by atoms with van der Waals surface area (Å²) in [5, 5.41) is 15.3. The van der Waals surface area contributed by atoms with E-state index < -0.39 is 0 Å². The summed E-state index contributed by atoms with van der Waals surface area (Å²) >= 11 is 0. The number of allylic oxidation sites excluding steroid dienone is 3. The van der Waals surface area contributed by atoms with Crippen LogP contribution >= 0.6 is 0 Å². The molecule has 0 N–H and O–H groups in total. The molecule has 0 aliphatic carbocycles. The van der Waals surface area contributed by atoms with Crippen LogP contribution in [0, 0.1) is 0 Å². The van der Waals surface area contributed by atoms with Gasteiger partial charge in [0.1, 0.15) is 0 Å². The lowest BCUT2D eigenvalue weighted by Crippen LogP contribution is -1.86. The van der Waals surface area contributed by atoms with Gasteiger partial charge < -0.3 is 0 Å². The molecular formula is C53H38. The molecule has 0 nitrogen and oxygen atoms in total. The highest BCUT2D eigenvalue weighted by Gasteiger charge is 2.12. The maximum atomic E-state index is 3.46. The molecule has 0 radical (unpaired) electrons. The van der Waals surface area contributed by atoms with Gasteiger partial charge in [0.05, 0.1) is 0 Å². The first-order chi connectivity index (χ1) is 26.2. The van der Waals surface area contributed by atoms with Gasteiger partial charge in [-0.3, -0.25) is 0 Å². The van der Waals surface area contributed by atoms with Crippen molar-refractivity contribution in [2.75, 3.05) is 0 Å². The molecule has 0 amide bonds. The fourth-order valence-electron chi connectivity index (χ4n) is 7.91. The van der Waals surface area contributed by atoms with Gasteiger partial charge in [0.25, 0.3) is 0 Å². The second-order valence-electron chi connectivity index (χ2n) is 13.7. The third-order valence-electron chi connectivity index (χ3n) is 10.5. The minimum Gasteiger partial charge on any atom is -0.0991 e. The normalized spacial score (nSPS) is 11.5. The molecule has 0 aliphatic rings. The van der Waals surface area contributed by atoms with Crippen molar-refractivity contribution in [1.82, 2.24) is 0 Å². The molecular weight excluding hydrogens is 637 g/mol. The quantitative estimate of drug-likeness (QED) is 0.129. The third kappa shape index (κ3) is 5.95. The van der Waals surface area contributed by atoms with Crippen molar-refractivity contribution >= 4 is 64.6 Å². The van der Waals surface area contributed by atoms with Crippen LogP contribution in [0.1, 0.15) is 6.92 Å². The smallest absolute Gasteiger partial charge is 0.00988 e. The summed E-state index contributed by atoms with van der Waals surface area (Å²) in [7, 11) is 0. The fourth-order valence-corrected chi connectivity index (χ4v) is 7.91. The topological polar surface area (TPSA) is 0 Å². The lowest BCUT2D eigenvalue weighted by atomic mass is 9.91. The van der Waals surface area contributed by atoms with Crippen LogP contribution in [0.15, 0.2) is 207 Å². The highest BCUT2D eigenvalue weighted by Crippen LogP contribution is 2.39. The molecule has 0 saturated heterocycles. The zero-order valence-electron chi connectivity index (χ0n) is 29.8. The molecule has 53 heavy (non-hydrogen) atoms. The van der Waals surface area contributed by atoms with Crippen LogP contribution < -0.4 is 0 Å². The lowest BCUT2D eigenvalue weighted by molar-refractivity contribution is 1.66. The monoisotopic (exact) mass is 674 g/mol. The maximum Gasteiger partial charge on any atom is -0.00988 e. The van der Waals surface area contributed by atoms with Gasteiger partial charge in [-0.25, -0.2) is 0 Å². The number of fused-ring (bicyclic) bond motifs is 8. The van der Waals surface area contributed by atoms with E-state index in [4.69, 9.17) is 0 Å². The number of rotatable bonds is 4. The fraction of sp³-hybridized carbons (Fsp3) is 0.0189. The highest BCUT2D eigenvalue weighted by atomic mass is 14.2. The summed E-state index contributed by atoms with van der Waals surface area (Å²) in [6.07, 6.45) is 5.58. The Morgan fingerprint density at radius 1 is 0.321 bits per heavy atom. The molecule has 0 unspecified atom stereocenters. The Hall–Kier alpha value is -6.76. The molecule has 10 rings (SSSR count). The van der Waals surface area contributed by atoms with Crippen LogP contribution in [-0.4, -0.2) is 0 Å². The number of hydrogen-bond donors (Lipinski definition) is 0. The average Bonchev–Trinajstić information content (AvgIpc) is 3.23. The van der Waals surface area contributed by atoms with E-state index in [1.54, 1.807) is 6.08 Å². The van der Waals surface area contributed by atoms with Crippen molar-refractivity contribution in [2.45, 2.75) is 6.92 Å². The summed E-state index contributed by atoms with van der Waals surface area (Å²) in [6.45, 7) is 5.42. The first-order valence-corrected chi connectivity index (χ1v) is 18.3. The van der Waals surface area contributed by atoms with E-state index in [-0.39, 0.29) is 0 Å². The van der Waals surface area contributed by atoms with Crippen LogP contribution in [0.3, 0.4) is 0 Å². The second kappa shape index (κ2) is 13.8. The van der Waals surface area contributed by atoms with Crippen molar-refractivity contribution in [3.8, 4) is 33.4 Å². The zero-order valence-corrected chi connectivity index (χ0v) is 29.8. The molecule has 10 aromatic carbocycles. The molecule has 0 heteroatoms. The molecule has 0 spiro atoms. The van der Waals surface area contributed by atoms with Gasteiger partial charge in [0, 0.05) is 0 Å². The standard InChI is InChI=1S/C48H30.C5H8/c1-3-11-41-37(9-1)29-47(45-15-7-5-13-43(41)45)39-23-21-33-25-31(17-19-35(33)27-39)32-18-20-36-28-40(24-22-34(36)26-32)48-30-38-10-2-4-12-42(38)44-14-6-8-16-46(44)48;1-3-5-4-2/h1-30H;3-5H,1H2,2H3/b;5-4-. The molecule has 0 fully saturated rings. The third-order valence-corrected chi connectivity index (χ3v) is 10.5. The van der Waals surface area contributed by atoms with Crippen molar-refractivity contribution in [2.24, 2.45) is 0 Å². The Morgan fingerprint density at radius 2 is 0.660 bits per heavy atom. The van der Waals surface area contributed by atoms with Crippen LogP contribution in [0.4, 0.5) is 0 Å². The summed E-state index contributed by atoms with van der Waals surface area (Å²) in [5.74, 6) is 0. The van der Waals surface area contributed by atoms with Crippen LogP contribution in [0.2, 0.25) is 0 Å². The summed E-state index contributed by atoms with van der Waals surface area (Å²) in [4.78, 5) is 0. The predicted octanol–water partition coefficient (Wildman–Crippen LogP) is 15.4. The first kappa shape index (κ1) is 32.2. The van der Waals surface area contributed by atoms with Gasteiger partial charge in [-0.15, -0.1) is 0 Å². The van der Waals surface area contributed by atoms with E-state index in [9.17, 15) is 0 Å². The van der Waals surface area contributed by atoms with Crippen LogP contribution in [-0.2, 0) is 0 Å². The average molecular weight is 675 g/mol. The molecule has 0 aliphatic heterocycles. The van der Waals surface area contributed by atoms with Crippen molar-refractivity contribution in [3.63, 3.8) is 0 Å². The molecule has 0 bridgehead atoms. The van der Waals surface area contributed by atoms with Gasteiger partial charge in [-0.2, -0.15) is 0 Å². The summed E-state index contributed by atoms with van der Waals surface area (Å²) in [5.41, 5.74) is 7.52. The molecule has 0 aromatic heterocycles. The molecule has 250 valence electrons. The van der Waals surface area contributed by atoms with E-state index in [1.807, 2.05) is 19.1 Å². The van der Waals surface area contributed by atoms with Crippen molar-refractivity contribution in [1.29, 1.82) is 0 Å². The lowest BCUT2D eigenvalue weighted by Gasteiger charge is -2.13. The number of benzene rings is 10. The zero-order chi connectivity index (χ0) is 35.7. The van der Waals surface area contributed by atoms with Gasteiger partial charge in [-0.1, -0.05) is 170 Å². The van der Waals surface area contributed by atoms with Gasteiger partial charge >= 0.3 is 0 Å². The minimum atomic E-state index is 1.23. The van der Waals surface area contributed by atoms with E-state index in [1.165, 1.54) is 98.0 Å². The SMILES string of the molecule is C=C/C=C\C.c1ccc2c(c1)cc(-c1ccc3cc(-c4ccc5cc(-c6cc7ccccc7c7ccccc67)ccc5c4)ccc3c1)c1ccccc12. The summed E-state index contributed by atoms with van der Waals surface area (Å²) < 4.78 is 0. The van der Waals surface area contributed by atoms with E-state index in [2.05, 4.69) is 189 Å². The van der Waals surface area contributed by atoms with E-state index in [0.29, 0.717) is 0 Å². The van der Waals surface area contributed by atoms with Crippen molar-refractivity contribution < 1.29 is 0 Å². The Balaban J connectivity index is 0.000000700. The molecule has 0 saturated carbocycles. The Morgan fingerprint density at radius 3 is 1.04 bits per heavy atom. The Bertz CT molecular complexity index is 2830. The van der Waals surface area contributed by atoms with Crippen molar-refractivity contribution in [3.05, 3.63) is 207 Å². The molecule has 0 atom stereocenters. The molecule has 0 heterocycles. The summed E-state index contributed by atoms with van der Waals surface area (Å²) in [6, 6.07) is 67.1. The predicted molar refractivity (Wildman–Crippen MR) is 233 cm³/mol. The number of hydrogen-bond acceptors (Lipinski definition) is 0. The van der Waals surface area contributed by atoms with Gasteiger partial charge in [0.15, 0.2) is 0 Å². The van der Waals surface area contributed by atoms with E-state index in [0.717, 1.165) is 0 Å². The second-order valence-corrected chi connectivity index (χ2v) is 13.7. The van der Waals surface area contributed by atoms with Gasteiger partial charge in [0.2, 0.25) is 0 Å². The van der Waals surface area contributed by atoms with E-state index >= 15 is 0 Å². The minimum absolute atomic E-state index is 1.23. The van der Waals surface area contributed by atoms with Crippen LogP contribution in [0.5, 0.6) is 0 Å². The highest BCUT2D eigenvalue weighted by molar-refractivity contribution is 6.15. The largest absolute Gasteiger partial charge is 0.0991 e. The Kier molecular flexibility index (Phi) is 8.35. The first-order valence-electron chi connectivity index (χ1n) is 18.3. The molecule has 10 aromatic rings. The Labute approximate surface area is 310 Å². The maximum absolute atomic E-state index is 3.46. The van der Waals surface area contributed by atoms with Gasteiger partial charge in [-0.05, 0) is 141 Å².